The quantitative estimate of drug-likeness (QED) is 0.826. The van der Waals surface area contributed by atoms with E-state index in [1.54, 1.807) is 6.20 Å². The summed E-state index contributed by atoms with van der Waals surface area (Å²) >= 11 is 0. The molecule has 5 nitrogen and oxygen atoms in total. The number of hydrogen-bond acceptors (Lipinski definition) is 3. The molecule has 3 rings (SSSR count). The van der Waals surface area contributed by atoms with Gasteiger partial charge in [0.25, 0.3) is 0 Å². The fourth-order valence-corrected chi connectivity index (χ4v) is 2.25. The Kier molecular flexibility index (Phi) is 2.36. The van der Waals surface area contributed by atoms with Gasteiger partial charge >= 0.3 is 0 Å². The third-order valence-electron chi connectivity index (χ3n) is 3.09. The number of rotatable bonds is 3. The summed E-state index contributed by atoms with van der Waals surface area (Å²) in [6.45, 7) is 0. The summed E-state index contributed by atoms with van der Waals surface area (Å²) in [4.78, 5) is 4.35. The highest BCUT2D eigenvalue weighted by molar-refractivity contribution is 5.39. The number of hydrogen-bond donors (Lipinski definition) is 2. The predicted octanol–water partition coefficient (Wildman–Crippen LogP) is 1.95. The van der Waals surface area contributed by atoms with Crippen LogP contribution < -0.4 is 5.32 Å². The minimum atomic E-state index is 0.577. The molecule has 1 fully saturated rings. The lowest BCUT2D eigenvalue weighted by Crippen LogP contribution is -2.17. The summed E-state index contributed by atoms with van der Waals surface area (Å²) in [6, 6.07) is 0.577. The van der Waals surface area contributed by atoms with E-state index in [0.29, 0.717) is 6.04 Å². The van der Waals surface area contributed by atoms with Crippen LogP contribution in [0.1, 0.15) is 25.7 Å². The van der Waals surface area contributed by atoms with Gasteiger partial charge in [-0.3, -0.25) is 9.67 Å². The molecule has 84 valence electrons. The molecule has 1 aliphatic rings. The Labute approximate surface area is 93.9 Å². The molecule has 0 saturated heterocycles. The van der Waals surface area contributed by atoms with Crippen LogP contribution in [0.2, 0.25) is 0 Å². The predicted molar refractivity (Wildman–Crippen MR) is 61.6 cm³/mol. The first-order valence-electron chi connectivity index (χ1n) is 5.72. The molecular weight excluding hydrogens is 202 g/mol. The number of aromatic amines is 1. The minimum Gasteiger partial charge on any atom is -0.353 e. The van der Waals surface area contributed by atoms with Crippen LogP contribution in [0.5, 0.6) is 0 Å². The molecule has 0 aromatic carbocycles. The van der Waals surface area contributed by atoms with Gasteiger partial charge in [-0.2, -0.15) is 5.10 Å². The topological polar surface area (TPSA) is 58.5 Å². The first-order valence-corrected chi connectivity index (χ1v) is 5.72. The Morgan fingerprint density at radius 3 is 3.00 bits per heavy atom. The Balaban J connectivity index is 1.82. The van der Waals surface area contributed by atoms with Crippen LogP contribution >= 0.6 is 0 Å². The van der Waals surface area contributed by atoms with E-state index in [4.69, 9.17) is 0 Å². The van der Waals surface area contributed by atoms with Crippen molar-refractivity contribution in [2.75, 3.05) is 5.32 Å². The van der Waals surface area contributed by atoms with Crippen LogP contribution in [-0.2, 0) is 0 Å². The van der Waals surface area contributed by atoms with Crippen molar-refractivity contribution in [2.24, 2.45) is 0 Å². The maximum atomic E-state index is 4.35. The van der Waals surface area contributed by atoms with Gasteiger partial charge in [0.1, 0.15) is 0 Å². The number of anilines is 1. The van der Waals surface area contributed by atoms with Gasteiger partial charge in [-0.15, -0.1) is 0 Å². The number of imidazole rings is 1. The molecule has 0 spiro atoms. The van der Waals surface area contributed by atoms with Gasteiger partial charge in [0, 0.05) is 24.6 Å². The number of aromatic nitrogens is 4. The fraction of sp³-hybridized carbons (Fsp3) is 0.455. The molecule has 0 radical (unpaired) electrons. The average Bonchev–Trinajstić information content (AvgIpc) is 2.98. The zero-order chi connectivity index (χ0) is 10.8. The van der Waals surface area contributed by atoms with Gasteiger partial charge in [-0.1, -0.05) is 12.8 Å². The fourth-order valence-electron chi connectivity index (χ4n) is 2.25. The second-order valence-electron chi connectivity index (χ2n) is 4.20. The van der Waals surface area contributed by atoms with Crippen molar-refractivity contribution in [2.45, 2.75) is 31.7 Å². The maximum Gasteiger partial charge on any atom is 0.207 e. The van der Waals surface area contributed by atoms with Crippen LogP contribution in [0.4, 0.5) is 5.95 Å². The van der Waals surface area contributed by atoms with Crippen molar-refractivity contribution in [1.29, 1.82) is 0 Å². The molecule has 0 amide bonds. The van der Waals surface area contributed by atoms with E-state index in [0.717, 1.165) is 11.6 Å². The SMILES string of the molecule is c1cn(-c2cn[nH]c2)c(NC2CCCC2)n1. The molecule has 5 heteroatoms. The molecule has 16 heavy (non-hydrogen) atoms. The van der Waals surface area contributed by atoms with Crippen LogP contribution in [0.3, 0.4) is 0 Å². The van der Waals surface area contributed by atoms with E-state index in [-0.39, 0.29) is 0 Å². The van der Waals surface area contributed by atoms with E-state index in [2.05, 4.69) is 20.5 Å². The maximum absolute atomic E-state index is 4.35. The molecule has 0 bridgehead atoms. The van der Waals surface area contributed by atoms with E-state index in [9.17, 15) is 0 Å². The molecule has 2 N–H and O–H groups in total. The van der Waals surface area contributed by atoms with Crippen LogP contribution in [0.25, 0.3) is 5.69 Å². The van der Waals surface area contributed by atoms with Gasteiger partial charge < -0.3 is 5.32 Å². The highest BCUT2D eigenvalue weighted by Crippen LogP contribution is 2.22. The van der Waals surface area contributed by atoms with Crippen molar-refractivity contribution in [3.8, 4) is 5.69 Å². The van der Waals surface area contributed by atoms with Gasteiger partial charge in [-0.05, 0) is 12.8 Å². The zero-order valence-electron chi connectivity index (χ0n) is 9.06. The summed E-state index contributed by atoms with van der Waals surface area (Å²) in [5.41, 5.74) is 1.01. The highest BCUT2D eigenvalue weighted by atomic mass is 15.2. The molecule has 0 unspecified atom stereocenters. The molecule has 1 saturated carbocycles. The molecule has 0 aliphatic heterocycles. The Morgan fingerprint density at radius 1 is 1.38 bits per heavy atom. The summed E-state index contributed by atoms with van der Waals surface area (Å²) in [7, 11) is 0. The average molecular weight is 217 g/mol. The number of nitrogens with zero attached hydrogens (tertiary/aromatic N) is 3. The van der Waals surface area contributed by atoms with E-state index in [1.807, 2.05) is 23.2 Å². The standard InChI is InChI=1S/C11H15N5/c1-2-4-9(3-1)15-11-12-5-6-16(11)10-7-13-14-8-10/h5-9H,1-4H2,(H,12,15)(H,13,14). The van der Waals surface area contributed by atoms with Crippen LogP contribution in [0.15, 0.2) is 24.8 Å². The molecule has 0 atom stereocenters. The summed E-state index contributed by atoms with van der Waals surface area (Å²) < 4.78 is 2.02. The third-order valence-corrected chi connectivity index (χ3v) is 3.09. The van der Waals surface area contributed by atoms with Gasteiger partial charge in [0.05, 0.1) is 11.9 Å². The second kappa shape index (κ2) is 4.00. The molecular formula is C11H15N5. The van der Waals surface area contributed by atoms with E-state index < -0.39 is 0 Å². The van der Waals surface area contributed by atoms with Crippen LogP contribution in [-0.4, -0.2) is 25.8 Å². The van der Waals surface area contributed by atoms with Crippen molar-refractivity contribution < 1.29 is 0 Å². The minimum absolute atomic E-state index is 0.577. The lowest BCUT2D eigenvalue weighted by molar-refractivity contribution is 0.740. The lowest BCUT2D eigenvalue weighted by atomic mass is 10.2. The molecule has 2 heterocycles. The van der Waals surface area contributed by atoms with Crippen molar-refractivity contribution in [1.82, 2.24) is 19.7 Å². The van der Waals surface area contributed by atoms with Crippen molar-refractivity contribution in [3.63, 3.8) is 0 Å². The summed E-state index contributed by atoms with van der Waals surface area (Å²) in [5, 5.41) is 10.3. The normalized spacial score (nSPS) is 16.8. The molecule has 2 aromatic rings. The second-order valence-corrected chi connectivity index (χ2v) is 4.20. The summed E-state index contributed by atoms with van der Waals surface area (Å²) in [5.74, 6) is 0.910. The highest BCUT2D eigenvalue weighted by Gasteiger charge is 2.16. The third kappa shape index (κ3) is 1.68. The van der Waals surface area contributed by atoms with Crippen molar-refractivity contribution in [3.05, 3.63) is 24.8 Å². The summed E-state index contributed by atoms with van der Waals surface area (Å²) in [6.07, 6.45) is 12.6. The Hall–Kier alpha value is -1.78. The first kappa shape index (κ1) is 9.45. The Bertz CT molecular complexity index is 439. The number of H-pyrrole nitrogens is 1. The van der Waals surface area contributed by atoms with Gasteiger partial charge in [-0.25, -0.2) is 4.98 Å². The van der Waals surface area contributed by atoms with E-state index >= 15 is 0 Å². The monoisotopic (exact) mass is 217 g/mol. The van der Waals surface area contributed by atoms with Crippen molar-refractivity contribution >= 4 is 5.95 Å². The molecule has 2 aromatic heterocycles. The Morgan fingerprint density at radius 2 is 2.25 bits per heavy atom. The van der Waals surface area contributed by atoms with Gasteiger partial charge in [0.15, 0.2) is 0 Å². The smallest absolute Gasteiger partial charge is 0.207 e. The van der Waals surface area contributed by atoms with Crippen LogP contribution in [0, 0.1) is 0 Å². The lowest BCUT2D eigenvalue weighted by Gasteiger charge is -2.13. The zero-order valence-corrected chi connectivity index (χ0v) is 9.06. The van der Waals surface area contributed by atoms with Gasteiger partial charge in [0.2, 0.25) is 5.95 Å². The molecule has 1 aliphatic carbocycles. The first-order chi connectivity index (χ1) is 7.93. The number of nitrogens with one attached hydrogen (secondary N) is 2. The van der Waals surface area contributed by atoms with E-state index in [1.165, 1.54) is 25.7 Å². The largest absolute Gasteiger partial charge is 0.353 e.